The number of nitrogens with one attached hydrogen (secondary N) is 1. The molecule has 2 aromatic carbocycles. The first-order valence-electron chi connectivity index (χ1n) is 14.6. The molecule has 0 bridgehead atoms. The Morgan fingerprint density at radius 3 is 2.95 bits per heavy atom. The zero-order chi connectivity index (χ0) is 28.8. The van der Waals surface area contributed by atoms with Crippen LogP contribution in [0, 0.1) is 18.2 Å². The van der Waals surface area contributed by atoms with Crippen LogP contribution < -0.4 is 15.2 Å². The van der Waals surface area contributed by atoms with Gasteiger partial charge in [-0.05, 0) is 55.8 Å². The van der Waals surface area contributed by atoms with Crippen molar-refractivity contribution >= 4 is 27.5 Å². The number of ether oxygens (including phenoxy) is 1. The summed E-state index contributed by atoms with van der Waals surface area (Å²) in [4.78, 5) is 16.0. The van der Waals surface area contributed by atoms with Gasteiger partial charge in [-0.25, -0.2) is 14.2 Å². The maximum absolute atomic E-state index is 16.6. The van der Waals surface area contributed by atoms with Crippen LogP contribution in [0.4, 0.5) is 14.6 Å². The number of halogens is 2. The summed E-state index contributed by atoms with van der Waals surface area (Å²) in [7, 11) is 0. The van der Waals surface area contributed by atoms with Gasteiger partial charge in [0.05, 0.1) is 10.9 Å². The molecule has 3 aliphatic rings. The van der Waals surface area contributed by atoms with Crippen molar-refractivity contribution < 1.29 is 18.6 Å². The summed E-state index contributed by atoms with van der Waals surface area (Å²) in [6.45, 7) is 2.92. The van der Waals surface area contributed by atoms with Gasteiger partial charge < -0.3 is 9.84 Å². The summed E-state index contributed by atoms with van der Waals surface area (Å²) >= 11 is 0. The van der Waals surface area contributed by atoms with Gasteiger partial charge in [0.15, 0.2) is 11.6 Å². The van der Waals surface area contributed by atoms with Crippen molar-refractivity contribution in [2.45, 2.75) is 50.2 Å². The molecule has 2 aromatic heterocycles. The fourth-order valence-electron chi connectivity index (χ4n) is 6.89. The number of aromatic nitrogens is 3. The zero-order valence-electron chi connectivity index (χ0n) is 23.2. The SMILES string of the molecule is C#Cc1cccc2cc(O)cc(-c3ncc4c(N5CCCCCN5)nc(OC[C@@]56CCCN5C[C@H](F)C6)nc4c3F)c12. The first kappa shape index (κ1) is 26.8. The highest BCUT2D eigenvalue weighted by Gasteiger charge is 2.49. The molecule has 3 aliphatic heterocycles. The zero-order valence-corrected chi connectivity index (χ0v) is 23.2. The minimum atomic E-state index is -0.889. The van der Waals surface area contributed by atoms with E-state index in [0.717, 1.165) is 45.2 Å². The van der Waals surface area contributed by atoms with Crippen LogP contribution in [0.3, 0.4) is 0 Å². The van der Waals surface area contributed by atoms with Crippen molar-refractivity contribution in [3.05, 3.63) is 47.9 Å². The molecule has 0 saturated carbocycles. The minimum Gasteiger partial charge on any atom is -0.508 e. The topological polar surface area (TPSA) is 86.6 Å². The lowest BCUT2D eigenvalue weighted by molar-refractivity contribution is 0.107. The third kappa shape index (κ3) is 4.57. The quantitative estimate of drug-likeness (QED) is 0.320. The molecule has 0 radical (unpaired) electrons. The highest BCUT2D eigenvalue weighted by Crippen LogP contribution is 2.41. The van der Waals surface area contributed by atoms with E-state index in [1.165, 1.54) is 6.07 Å². The standard InChI is InChI=1S/C32H32F2N6O2/c1-2-20-8-6-9-21-14-23(41)15-24(26(20)21)28-27(34)29-25(17-35-28)30(40-13-5-3-4-11-36-40)38-31(37-29)42-19-32-10-7-12-39(32)18-22(33)16-32/h1,6,8-9,14-15,17,22,36,41H,3-5,7,10-13,16,18-19H2/t22-,32+/m1/s1. The van der Waals surface area contributed by atoms with Gasteiger partial charge >= 0.3 is 6.01 Å². The number of rotatable bonds is 5. The van der Waals surface area contributed by atoms with Crippen molar-refractivity contribution in [1.29, 1.82) is 0 Å². The monoisotopic (exact) mass is 570 g/mol. The van der Waals surface area contributed by atoms with Gasteiger partial charge in [0, 0.05) is 48.8 Å². The number of benzene rings is 2. The third-order valence-electron chi connectivity index (χ3n) is 8.86. The number of anilines is 1. The smallest absolute Gasteiger partial charge is 0.319 e. The van der Waals surface area contributed by atoms with Crippen LogP contribution in [0.15, 0.2) is 36.5 Å². The van der Waals surface area contributed by atoms with E-state index >= 15 is 4.39 Å². The number of nitrogens with zero attached hydrogens (tertiary/aromatic N) is 5. The second-order valence-electron chi connectivity index (χ2n) is 11.5. The number of aromatic hydroxyl groups is 1. The van der Waals surface area contributed by atoms with Crippen LogP contribution in [-0.2, 0) is 0 Å². The molecule has 0 amide bonds. The normalized spacial score (nSPS) is 22.8. The molecule has 10 heteroatoms. The number of alkyl halides is 1. The van der Waals surface area contributed by atoms with Crippen molar-refractivity contribution in [1.82, 2.24) is 25.3 Å². The van der Waals surface area contributed by atoms with Gasteiger partial charge in [0.25, 0.3) is 0 Å². The average Bonchev–Trinajstić information content (AvgIpc) is 3.37. The summed E-state index contributed by atoms with van der Waals surface area (Å²) in [6, 6.07) is 8.47. The van der Waals surface area contributed by atoms with Crippen molar-refractivity contribution in [3.8, 4) is 35.4 Å². The predicted octanol–water partition coefficient (Wildman–Crippen LogP) is 5.12. The van der Waals surface area contributed by atoms with Gasteiger partial charge in [-0.2, -0.15) is 9.97 Å². The largest absolute Gasteiger partial charge is 0.508 e. The first-order valence-corrected chi connectivity index (χ1v) is 14.6. The second kappa shape index (κ2) is 10.6. The van der Waals surface area contributed by atoms with Gasteiger partial charge in [0.1, 0.15) is 29.7 Å². The Morgan fingerprint density at radius 1 is 1.17 bits per heavy atom. The molecule has 5 heterocycles. The molecule has 2 atom stereocenters. The maximum atomic E-state index is 16.6. The van der Waals surface area contributed by atoms with Crippen LogP contribution in [0.1, 0.15) is 44.1 Å². The van der Waals surface area contributed by atoms with Gasteiger partial charge in [-0.15, -0.1) is 6.42 Å². The number of fused-ring (bicyclic) bond motifs is 3. The lowest BCUT2D eigenvalue weighted by atomic mass is 9.95. The van der Waals surface area contributed by atoms with E-state index in [0.29, 0.717) is 52.6 Å². The van der Waals surface area contributed by atoms with Crippen LogP contribution in [0.25, 0.3) is 32.9 Å². The molecule has 3 saturated heterocycles. The molecular weight excluding hydrogens is 538 g/mol. The fourth-order valence-corrected chi connectivity index (χ4v) is 6.89. The van der Waals surface area contributed by atoms with E-state index in [4.69, 9.17) is 16.1 Å². The van der Waals surface area contributed by atoms with Gasteiger partial charge in [0.2, 0.25) is 0 Å². The number of terminal acetylenes is 1. The Kier molecular flexibility index (Phi) is 6.79. The van der Waals surface area contributed by atoms with Crippen molar-refractivity contribution in [2.24, 2.45) is 0 Å². The molecule has 3 fully saturated rings. The molecule has 2 N–H and O–H groups in total. The van der Waals surface area contributed by atoms with Crippen LogP contribution >= 0.6 is 0 Å². The first-order chi connectivity index (χ1) is 20.5. The second-order valence-corrected chi connectivity index (χ2v) is 11.5. The van der Waals surface area contributed by atoms with Gasteiger partial charge in [-0.1, -0.05) is 24.5 Å². The Balaban J connectivity index is 1.37. The minimum absolute atomic E-state index is 0.0159. The summed E-state index contributed by atoms with van der Waals surface area (Å²) < 4.78 is 37.2. The van der Waals surface area contributed by atoms with Crippen molar-refractivity contribution in [2.75, 3.05) is 37.8 Å². The fraction of sp³-hybridized carbons (Fsp3) is 0.406. The Hall–Kier alpha value is -4.07. The van der Waals surface area contributed by atoms with E-state index in [2.05, 4.69) is 26.2 Å². The number of hydrogen-bond donors (Lipinski definition) is 2. The molecule has 0 aliphatic carbocycles. The highest BCUT2D eigenvalue weighted by molar-refractivity contribution is 6.02. The third-order valence-corrected chi connectivity index (χ3v) is 8.86. The number of pyridine rings is 1. The van der Waals surface area contributed by atoms with Crippen LogP contribution in [0.5, 0.6) is 11.8 Å². The number of phenolic OH excluding ortho intramolecular Hbond substituents is 1. The summed E-state index contributed by atoms with van der Waals surface area (Å²) in [6.07, 6.45) is 11.7. The summed E-state index contributed by atoms with van der Waals surface area (Å²) in [5, 5.41) is 14.1. The van der Waals surface area contributed by atoms with Crippen LogP contribution in [0.2, 0.25) is 0 Å². The van der Waals surface area contributed by atoms with Gasteiger partial charge in [-0.3, -0.25) is 14.9 Å². The number of hydrogen-bond acceptors (Lipinski definition) is 8. The Bertz CT molecular complexity index is 1720. The van der Waals surface area contributed by atoms with E-state index in [-0.39, 0.29) is 29.6 Å². The average molecular weight is 571 g/mol. The predicted molar refractivity (Wildman–Crippen MR) is 158 cm³/mol. The number of hydrazine groups is 1. The molecule has 0 spiro atoms. The van der Waals surface area contributed by atoms with Crippen LogP contribution in [-0.4, -0.2) is 69.5 Å². The molecule has 7 rings (SSSR count). The lowest BCUT2D eigenvalue weighted by Gasteiger charge is -2.31. The lowest BCUT2D eigenvalue weighted by Crippen LogP contribution is -2.43. The Morgan fingerprint density at radius 2 is 2.07 bits per heavy atom. The van der Waals surface area contributed by atoms with E-state index in [9.17, 15) is 9.50 Å². The molecule has 4 aromatic rings. The summed E-state index contributed by atoms with van der Waals surface area (Å²) in [5.41, 5.74) is 4.00. The number of phenols is 1. The molecular formula is C32H32F2N6O2. The molecule has 42 heavy (non-hydrogen) atoms. The highest BCUT2D eigenvalue weighted by atomic mass is 19.1. The molecule has 0 unspecified atom stereocenters. The van der Waals surface area contributed by atoms with E-state index in [1.807, 2.05) is 11.1 Å². The van der Waals surface area contributed by atoms with E-state index < -0.39 is 17.5 Å². The maximum Gasteiger partial charge on any atom is 0.319 e. The van der Waals surface area contributed by atoms with Crippen molar-refractivity contribution in [3.63, 3.8) is 0 Å². The van der Waals surface area contributed by atoms with E-state index in [1.54, 1.807) is 24.4 Å². The molecule has 8 nitrogen and oxygen atoms in total. The Labute approximate surface area is 242 Å². The molecule has 216 valence electrons. The summed E-state index contributed by atoms with van der Waals surface area (Å²) in [5.74, 6) is 2.45.